The summed E-state index contributed by atoms with van der Waals surface area (Å²) in [6, 6.07) is -0.833. The lowest BCUT2D eigenvalue weighted by Crippen LogP contribution is -2.60. The first kappa shape index (κ1) is 84.1. The monoisotopic (exact) mass is 1250 g/mol. The molecule has 6 N–H and O–H groups in total. The van der Waals surface area contributed by atoms with E-state index < -0.39 is 49.5 Å². The largest absolute Gasteiger partial charge is 0.466 e. The molecule has 11 nitrogen and oxygen atoms in total. The predicted molar refractivity (Wildman–Crippen MR) is 375 cm³/mol. The molecule has 1 aliphatic rings. The van der Waals surface area contributed by atoms with Gasteiger partial charge in [-0.2, -0.15) is 0 Å². The number of allylic oxidation sites excluding steroid dienone is 11. The zero-order chi connectivity index (χ0) is 64.4. The predicted octanol–water partition coefficient (Wildman–Crippen LogP) is 19.9. The molecule has 518 valence electrons. The molecule has 0 aliphatic carbocycles. The Hall–Kier alpha value is -2.90. The zero-order valence-corrected chi connectivity index (χ0v) is 57.6. The van der Waals surface area contributed by atoms with Crippen LogP contribution in [0.5, 0.6) is 0 Å². The van der Waals surface area contributed by atoms with E-state index in [2.05, 4.69) is 66.9 Å². The third kappa shape index (κ3) is 55.3. The summed E-state index contributed by atoms with van der Waals surface area (Å²) in [6.07, 6.45) is 81.0. The second-order valence-corrected chi connectivity index (χ2v) is 26.0. The van der Waals surface area contributed by atoms with E-state index in [1.807, 2.05) is 19.1 Å². The van der Waals surface area contributed by atoms with Crippen molar-refractivity contribution in [3.05, 3.63) is 72.9 Å². The number of carbonyl (C=O) groups is 2. The van der Waals surface area contributed by atoms with E-state index in [4.69, 9.17) is 14.2 Å². The molecule has 0 radical (unpaired) electrons. The van der Waals surface area contributed by atoms with Gasteiger partial charge in [0.2, 0.25) is 5.91 Å². The van der Waals surface area contributed by atoms with Gasteiger partial charge in [-0.1, -0.05) is 298 Å². The van der Waals surface area contributed by atoms with E-state index in [9.17, 15) is 35.1 Å². The molecule has 0 spiro atoms. The van der Waals surface area contributed by atoms with E-state index in [0.717, 1.165) is 70.6 Å². The molecule has 7 atom stereocenters. The van der Waals surface area contributed by atoms with Gasteiger partial charge in [0.25, 0.3) is 0 Å². The van der Waals surface area contributed by atoms with Crippen molar-refractivity contribution in [2.24, 2.45) is 0 Å². The van der Waals surface area contributed by atoms with Crippen molar-refractivity contribution >= 4 is 11.9 Å². The first-order valence-electron chi connectivity index (χ1n) is 37.7. The Bertz CT molecular complexity index is 1710. The topological polar surface area (TPSA) is 175 Å². The van der Waals surface area contributed by atoms with Gasteiger partial charge < -0.3 is 45.1 Å². The van der Waals surface area contributed by atoms with Crippen molar-refractivity contribution < 1.29 is 49.3 Å². The number of aliphatic hydroxyl groups excluding tert-OH is 5. The highest BCUT2D eigenvalue weighted by molar-refractivity contribution is 5.76. The smallest absolute Gasteiger partial charge is 0.305 e. The van der Waals surface area contributed by atoms with Crippen molar-refractivity contribution in [2.45, 2.75) is 391 Å². The molecule has 0 aromatic heterocycles. The van der Waals surface area contributed by atoms with E-state index in [1.54, 1.807) is 6.08 Å². The van der Waals surface area contributed by atoms with Crippen LogP contribution in [0.2, 0.25) is 0 Å². The highest BCUT2D eigenvalue weighted by Crippen LogP contribution is 2.23. The number of carbonyl (C=O) groups excluding carboxylic acids is 2. The number of esters is 1. The maximum atomic E-state index is 13.0. The van der Waals surface area contributed by atoms with E-state index >= 15 is 0 Å². The van der Waals surface area contributed by atoms with Gasteiger partial charge in [-0.3, -0.25) is 9.59 Å². The van der Waals surface area contributed by atoms with Crippen LogP contribution < -0.4 is 5.32 Å². The number of unbranched alkanes of at least 4 members (excludes halogenated alkanes) is 43. The minimum Gasteiger partial charge on any atom is -0.466 e. The second-order valence-electron chi connectivity index (χ2n) is 26.0. The molecule has 1 fully saturated rings. The first-order valence-corrected chi connectivity index (χ1v) is 37.7. The number of hydrogen-bond acceptors (Lipinski definition) is 10. The Kier molecular flexibility index (Phi) is 62.9. The molecule has 0 aromatic rings. The number of rotatable bonds is 66. The summed E-state index contributed by atoms with van der Waals surface area (Å²) in [4.78, 5) is 25.1. The number of hydrogen-bond donors (Lipinski definition) is 6. The highest BCUT2D eigenvalue weighted by atomic mass is 16.7. The summed E-state index contributed by atoms with van der Waals surface area (Å²) < 4.78 is 16.7. The minimum atomic E-state index is -1.58. The van der Waals surface area contributed by atoms with Gasteiger partial charge in [0, 0.05) is 12.8 Å². The average molecular weight is 1250 g/mol. The number of amides is 1. The quantitative estimate of drug-likeness (QED) is 0.0195. The number of ether oxygens (including phenoxy) is 3. The summed E-state index contributed by atoms with van der Waals surface area (Å²) in [5.74, 6) is -0.192. The van der Waals surface area contributed by atoms with Crippen LogP contribution in [0.15, 0.2) is 72.9 Å². The maximum Gasteiger partial charge on any atom is 0.305 e. The van der Waals surface area contributed by atoms with Crippen LogP contribution in [-0.2, 0) is 23.8 Å². The third-order valence-electron chi connectivity index (χ3n) is 17.6. The van der Waals surface area contributed by atoms with Crippen LogP contribution in [0.1, 0.15) is 348 Å². The van der Waals surface area contributed by atoms with Crippen molar-refractivity contribution in [3.63, 3.8) is 0 Å². The second kappa shape index (κ2) is 66.6. The molecule has 1 amide bonds. The summed E-state index contributed by atoms with van der Waals surface area (Å²) in [5, 5.41) is 54.2. The van der Waals surface area contributed by atoms with Crippen molar-refractivity contribution in [1.82, 2.24) is 5.32 Å². The van der Waals surface area contributed by atoms with Gasteiger partial charge in [0.05, 0.1) is 32.0 Å². The first-order chi connectivity index (χ1) is 43.7. The summed E-state index contributed by atoms with van der Waals surface area (Å²) >= 11 is 0. The fourth-order valence-electron chi connectivity index (χ4n) is 11.7. The molecule has 11 heteroatoms. The van der Waals surface area contributed by atoms with Gasteiger partial charge in [-0.15, -0.1) is 0 Å². The fourth-order valence-corrected chi connectivity index (χ4v) is 11.7. The Morgan fingerprint density at radius 2 is 0.809 bits per heavy atom. The molecule has 1 aliphatic heterocycles. The SMILES string of the molecule is C/C=C/CC/C=C/CC/C=C/C(O)C(COC1OC(CO)C(O)C(O)C1O)NC(=O)CCCCCCCCCCCCCCCCCCC/C=C\C/C=C\CCCCCCCCCCCOC(=O)CCCCCCCCCCC/C=C\CCCCCCCC. The molecular formula is C78H141NO10. The molecule has 7 unspecified atom stereocenters. The Labute approximate surface area is 547 Å². The lowest BCUT2D eigenvalue weighted by Gasteiger charge is -2.40. The Morgan fingerprint density at radius 1 is 0.438 bits per heavy atom. The van der Waals surface area contributed by atoms with Crippen LogP contribution in [0, 0.1) is 0 Å². The lowest BCUT2D eigenvalue weighted by atomic mass is 9.99. The van der Waals surface area contributed by atoms with Gasteiger partial charge in [-0.05, 0) is 110 Å². The molecule has 1 rings (SSSR count). The van der Waals surface area contributed by atoms with Gasteiger partial charge in [0.15, 0.2) is 6.29 Å². The van der Waals surface area contributed by atoms with Crippen LogP contribution in [0.25, 0.3) is 0 Å². The Morgan fingerprint density at radius 3 is 1.25 bits per heavy atom. The van der Waals surface area contributed by atoms with E-state index in [0.29, 0.717) is 19.4 Å². The zero-order valence-electron chi connectivity index (χ0n) is 57.6. The fraction of sp³-hybridized carbons (Fsp3) is 0.821. The molecule has 1 saturated heterocycles. The lowest BCUT2D eigenvalue weighted by molar-refractivity contribution is -0.302. The van der Waals surface area contributed by atoms with Crippen LogP contribution in [-0.4, -0.2) is 100 Å². The highest BCUT2D eigenvalue weighted by Gasteiger charge is 2.44. The van der Waals surface area contributed by atoms with Crippen molar-refractivity contribution in [2.75, 3.05) is 19.8 Å². The minimum absolute atomic E-state index is 0.00593. The number of nitrogens with one attached hydrogen (secondary N) is 1. The summed E-state index contributed by atoms with van der Waals surface area (Å²) in [5.41, 5.74) is 0. The molecule has 89 heavy (non-hydrogen) atoms. The standard InChI is InChI=1S/C78H141NO10/c1-3-5-7-9-11-13-14-15-16-17-33-37-40-43-46-50-54-58-62-66-74(83)87-67-63-59-55-51-47-44-41-38-35-32-30-28-26-24-22-20-18-19-21-23-25-27-29-31-34-36-39-42-45-49-53-57-61-65-73(82)79-70(71(81)64-60-56-52-48-12-10-8-6-4-2)69-88-78-77(86)76(85)75(84)72(68-80)89-78/h4,6,12,15-16,22,24,28,30,48,60,64,70-72,75-78,80-81,84-86H,3,5,7-11,13-14,17-21,23,25-27,29,31-47,49-59,61-63,65-69H2,1-2H3,(H,79,82)/b6-4+,16-15-,24-22-,30-28-,48-12+,64-60+. The van der Waals surface area contributed by atoms with Crippen LogP contribution in [0.3, 0.4) is 0 Å². The average Bonchev–Trinajstić information content (AvgIpc) is 2.40. The van der Waals surface area contributed by atoms with Crippen LogP contribution >= 0.6 is 0 Å². The normalized spacial score (nSPS) is 18.1. The summed E-state index contributed by atoms with van der Waals surface area (Å²) in [7, 11) is 0. The van der Waals surface area contributed by atoms with Gasteiger partial charge >= 0.3 is 5.97 Å². The maximum absolute atomic E-state index is 13.0. The molecule has 0 bridgehead atoms. The molecule has 0 saturated carbocycles. The summed E-state index contributed by atoms with van der Waals surface area (Å²) in [6.45, 7) is 4.11. The van der Waals surface area contributed by atoms with Crippen molar-refractivity contribution in [1.29, 1.82) is 0 Å². The molecule has 1 heterocycles. The van der Waals surface area contributed by atoms with E-state index in [-0.39, 0.29) is 18.5 Å². The Balaban J connectivity index is 1.89. The third-order valence-corrected chi connectivity index (χ3v) is 17.6. The number of aliphatic hydroxyl groups is 5. The van der Waals surface area contributed by atoms with Crippen LogP contribution in [0.4, 0.5) is 0 Å². The molecular weight excluding hydrogens is 1110 g/mol. The van der Waals surface area contributed by atoms with Gasteiger partial charge in [0.1, 0.15) is 24.4 Å². The molecule has 0 aromatic carbocycles. The van der Waals surface area contributed by atoms with Crippen molar-refractivity contribution in [3.8, 4) is 0 Å². The van der Waals surface area contributed by atoms with Gasteiger partial charge in [-0.25, -0.2) is 0 Å². The van der Waals surface area contributed by atoms with E-state index in [1.165, 1.54) is 250 Å².